The van der Waals surface area contributed by atoms with E-state index in [0.29, 0.717) is 6.61 Å². The summed E-state index contributed by atoms with van der Waals surface area (Å²) in [5.74, 6) is -0.0259. The molecule has 0 N–H and O–H groups in total. The average molecular weight is 455 g/mol. The van der Waals surface area contributed by atoms with Crippen molar-refractivity contribution in [3.63, 3.8) is 0 Å². The SMILES string of the molecule is CCC(CC)C(=O)O[C@H](C)CCCCO[Si](c1ccccc1)(c1ccccc1)C(C)(C)C. The summed E-state index contributed by atoms with van der Waals surface area (Å²) < 4.78 is 12.6. The summed E-state index contributed by atoms with van der Waals surface area (Å²) in [6.45, 7) is 13.7. The highest BCUT2D eigenvalue weighted by molar-refractivity contribution is 6.99. The Bertz CT molecular complexity index is 755. The number of hydrogen-bond donors (Lipinski definition) is 0. The predicted molar refractivity (Wildman–Crippen MR) is 137 cm³/mol. The maximum atomic E-state index is 12.2. The van der Waals surface area contributed by atoms with E-state index in [2.05, 4.69) is 81.4 Å². The molecule has 3 nitrogen and oxygen atoms in total. The first kappa shape index (κ1) is 26.3. The van der Waals surface area contributed by atoms with E-state index in [-0.39, 0.29) is 23.0 Å². The lowest BCUT2D eigenvalue weighted by Gasteiger charge is -2.43. The fourth-order valence-corrected chi connectivity index (χ4v) is 9.10. The molecule has 1 atom stereocenters. The van der Waals surface area contributed by atoms with Crippen molar-refractivity contribution in [2.45, 2.75) is 84.8 Å². The Morgan fingerprint density at radius 1 is 0.875 bits per heavy atom. The van der Waals surface area contributed by atoms with E-state index in [1.807, 2.05) is 20.8 Å². The van der Waals surface area contributed by atoms with Crippen molar-refractivity contribution in [2.24, 2.45) is 5.92 Å². The third-order valence-electron chi connectivity index (χ3n) is 6.38. The summed E-state index contributed by atoms with van der Waals surface area (Å²) in [7, 11) is -2.46. The van der Waals surface area contributed by atoms with Crippen molar-refractivity contribution in [1.82, 2.24) is 0 Å². The molecule has 2 rings (SSSR count). The van der Waals surface area contributed by atoms with Gasteiger partial charge in [-0.05, 0) is 54.4 Å². The first-order valence-corrected chi connectivity index (χ1v) is 14.1. The van der Waals surface area contributed by atoms with Crippen LogP contribution in [0.1, 0.15) is 73.6 Å². The van der Waals surface area contributed by atoms with Crippen LogP contribution in [0, 0.1) is 5.92 Å². The fourth-order valence-electron chi connectivity index (χ4n) is 4.50. The van der Waals surface area contributed by atoms with Crippen LogP contribution in [0.2, 0.25) is 5.04 Å². The van der Waals surface area contributed by atoms with Crippen molar-refractivity contribution >= 4 is 24.7 Å². The summed E-state index contributed by atoms with van der Waals surface area (Å²) in [5, 5.41) is 2.62. The van der Waals surface area contributed by atoms with Crippen LogP contribution < -0.4 is 10.4 Å². The van der Waals surface area contributed by atoms with Crippen molar-refractivity contribution < 1.29 is 14.0 Å². The zero-order valence-electron chi connectivity index (χ0n) is 20.9. The van der Waals surface area contributed by atoms with E-state index < -0.39 is 8.32 Å². The Hall–Kier alpha value is -1.91. The zero-order valence-corrected chi connectivity index (χ0v) is 21.9. The molecular weight excluding hydrogens is 412 g/mol. The lowest BCUT2D eigenvalue weighted by Crippen LogP contribution is -2.66. The summed E-state index contributed by atoms with van der Waals surface area (Å²) in [6, 6.07) is 21.5. The van der Waals surface area contributed by atoms with Gasteiger partial charge in [-0.3, -0.25) is 4.79 Å². The first-order valence-electron chi connectivity index (χ1n) is 12.2. The van der Waals surface area contributed by atoms with Gasteiger partial charge in [0.25, 0.3) is 8.32 Å². The van der Waals surface area contributed by atoms with Crippen LogP contribution in [0.5, 0.6) is 0 Å². The van der Waals surface area contributed by atoms with Crippen LogP contribution in [0.4, 0.5) is 0 Å². The van der Waals surface area contributed by atoms with Crippen LogP contribution in [0.3, 0.4) is 0 Å². The molecular formula is C28H42O3Si. The number of carbonyl (C=O) groups excluding carboxylic acids is 1. The second-order valence-electron chi connectivity index (χ2n) is 9.77. The quantitative estimate of drug-likeness (QED) is 0.221. The van der Waals surface area contributed by atoms with E-state index in [0.717, 1.165) is 32.1 Å². The standard InChI is InChI=1S/C28H42O3Si/c1-7-24(8-2)27(29)31-23(3)17-15-16-22-30-32(28(4,5)6,25-18-11-9-12-19-25)26-20-13-10-14-21-26/h9-14,18-21,23-24H,7-8,15-17,22H2,1-6H3/t23-/m1/s1. The smallest absolute Gasteiger partial charge is 0.309 e. The minimum atomic E-state index is -2.46. The number of benzene rings is 2. The molecule has 0 aliphatic carbocycles. The third-order valence-corrected chi connectivity index (χ3v) is 11.4. The molecule has 2 aromatic carbocycles. The molecule has 0 saturated carbocycles. The van der Waals surface area contributed by atoms with Gasteiger partial charge in [-0.15, -0.1) is 0 Å². The fraction of sp³-hybridized carbons (Fsp3) is 0.536. The van der Waals surface area contributed by atoms with Crippen LogP contribution in [-0.4, -0.2) is 27.0 Å². The molecule has 0 aromatic heterocycles. The van der Waals surface area contributed by atoms with Crippen molar-refractivity contribution in [3.8, 4) is 0 Å². The Morgan fingerprint density at radius 2 is 1.38 bits per heavy atom. The van der Waals surface area contributed by atoms with E-state index in [4.69, 9.17) is 9.16 Å². The van der Waals surface area contributed by atoms with Gasteiger partial charge in [0.05, 0.1) is 12.0 Å². The molecule has 176 valence electrons. The van der Waals surface area contributed by atoms with Gasteiger partial charge < -0.3 is 9.16 Å². The zero-order chi connectivity index (χ0) is 23.6. The molecule has 0 heterocycles. The number of carbonyl (C=O) groups is 1. The van der Waals surface area contributed by atoms with Gasteiger partial charge in [0.15, 0.2) is 0 Å². The van der Waals surface area contributed by atoms with Crippen molar-refractivity contribution in [1.29, 1.82) is 0 Å². The van der Waals surface area contributed by atoms with E-state index in [1.165, 1.54) is 10.4 Å². The molecule has 0 bridgehead atoms. The minimum Gasteiger partial charge on any atom is -0.462 e. The topological polar surface area (TPSA) is 35.5 Å². The monoisotopic (exact) mass is 454 g/mol. The van der Waals surface area contributed by atoms with Crippen LogP contribution >= 0.6 is 0 Å². The lowest BCUT2D eigenvalue weighted by molar-refractivity contribution is -0.153. The summed E-state index contributed by atoms with van der Waals surface area (Å²) >= 11 is 0. The number of esters is 1. The summed E-state index contributed by atoms with van der Waals surface area (Å²) in [4.78, 5) is 12.2. The number of ether oxygens (including phenoxy) is 1. The largest absolute Gasteiger partial charge is 0.462 e. The van der Waals surface area contributed by atoms with E-state index in [1.54, 1.807) is 0 Å². The molecule has 0 aliphatic heterocycles. The highest BCUT2D eigenvalue weighted by Gasteiger charge is 2.49. The van der Waals surface area contributed by atoms with Crippen LogP contribution in [0.15, 0.2) is 60.7 Å². The highest BCUT2D eigenvalue weighted by atomic mass is 28.4. The van der Waals surface area contributed by atoms with Crippen molar-refractivity contribution in [3.05, 3.63) is 60.7 Å². The lowest BCUT2D eigenvalue weighted by atomic mass is 10.0. The third kappa shape index (κ3) is 6.55. The average Bonchev–Trinajstić information content (AvgIpc) is 2.77. The Kier molecular flexibility index (Phi) is 10.2. The second kappa shape index (κ2) is 12.4. The molecule has 0 amide bonds. The highest BCUT2D eigenvalue weighted by Crippen LogP contribution is 2.36. The van der Waals surface area contributed by atoms with Gasteiger partial charge in [0.1, 0.15) is 0 Å². The maximum absolute atomic E-state index is 12.2. The Labute approximate surface area is 196 Å². The molecule has 4 heteroatoms. The second-order valence-corrected chi connectivity index (χ2v) is 14.1. The summed E-state index contributed by atoms with van der Waals surface area (Å²) in [5.41, 5.74) is 0. The predicted octanol–water partition coefficient (Wildman–Crippen LogP) is 6.10. The van der Waals surface area contributed by atoms with Gasteiger partial charge in [-0.1, -0.05) is 95.3 Å². The molecule has 0 fully saturated rings. The molecule has 0 unspecified atom stereocenters. The van der Waals surface area contributed by atoms with Crippen LogP contribution in [0.25, 0.3) is 0 Å². The normalized spacial score (nSPS) is 13.2. The first-order chi connectivity index (χ1) is 15.3. The van der Waals surface area contributed by atoms with Gasteiger partial charge in [0, 0.05) is 6.61 Å². The maximum Gasteiger partial charge on any atom is 0.309 e. The van der Waals surface area contributed by atoms with Gasteiger partial charge >= 0.3 is 5.97 Å². The Balaban J connectivity index is 2.05. The minimum absolute atomic E-state index is 0.00610. The van der Waals surface area contributed by atoms with Gasteiger partial charge in [-0.2, -0.15) is 0 Å². The molecule has 2 aromatic rings. The van der Waals surface area contributed by atoms with Gasteiger partial charge in [-0.25, -0.2) is 0 Å². The number of rotatable bonds is 12. The summed E-state index contributed by atoms with van der Waals surface area (Å²) in [6.07, 6.45) is 4.45. The molecule has 0 radical (unpaired) electrons. The van der Waals surface area contributed by atoms with Crippen LogP contribution in [-0.2, 0) is 14.0 Å². The number of hydrogen-bond acceptors (Lipinski definition) is 3. The Morgan fingerprint density at radius 3 is 1.81 bits per heavy atom. The number of unbranched alkanes of at least 4 members (excludes halogenated alkanes) is 1. The molecule has 0 spiro atoms. The molecule has 32 heavy (non-hydrogen) atoms. The van der Waals surface area contributed by atoms with Crippen molar-refractivity contribution in [2.75, 3.05) is 6.61 Å². The van der Waals surface area contributed by atoms with E-state index >= 15 is 0 Å². The van der Waals surface area contributed by atoms with Gasteiger partial charge in [0.2, 0.25) is 0 Å². The van der Waals surface area contributed by atoms with E-state index in [9.17, 15) is 4.79 Å². The molecule has 0 saturated heterocycles. The molecule has 0 aliphatic rings.